The number of nitriles is 1. The molecule has 2 aromatic heterocycles. The van der Waals surface area contributed by atoms with Gasteiger partial charge in [-0.1, -0.05) is 96.1 Å². The molecule has 4 aromatic carbocycles. The van der Waals surface area contributed by atoms with E-state index in [1.807, 2.05) is 62.4 Å². The van der Waals surface area contributed by atoms with Gasteiger partial charge in [0.15, 0.2) is 11.6 Å². The molecular formula is C43H45F2N7O2. The van der Waals surface area contributed by atoms with Crippen molar-refractivity contribution in [3.8, 4) is 6.07 Å². The van der Waals surface area contributed by atoms with Gasteiger partial charge in [0.05, 0.1) is 46.9 Å². The summed E-state index contributed by atoms with van der Waals surface area (Å²) in [7, 11) is 0. The van der Waals surface area contributed by atoms with Crippen LogP contribution in [0.4, 0.5) is 8.78 Å². The number of aromatic nitrogens is 4. The summed E-state index contributed by atoms with van der Waals surface area (Å²) < 4.78 is 33.3. The summed E-state index contributed by atoms with van der Waals surface area (Å²) in [6.07, 6.45) is 2.63. The van der Waals surface area contributed by atoms with Crippen molar-refractivity contribution in [3.63, 3.8) is 0 Å². The Morgan fingerprint density at radius 3 is 1.56 bits per heavy atom. The van der Waals surface area contributed by atoms with E-state index in [-0.39, 0.29) is 27.4 Å². The highest BCUT2D eigenvalue weighted by atomic mass is 19.2. The summed E-state index contributed by atoms with van der Waals surface area (Å²) >= 11 is 0. The van der Waals surface area contributed by atoms with Gasteiger partial charge in [-0.25, -0.2) is 18.7 Å². The van der Waals surface area contributed by atoms with Crippen LogP contribution in [0.25, 0.3) is 22.1 Å². The highest BCUT2D eigenvalue weighted by Gasteiger charge is 2.40. The second-order valence-electron chi connectivity index (χ2n) is 15.9. The molecule has 0 aliphatic rings. The van der Waals surface area contributed by atoms with Crippen LogP contribution in [0, 0.1) is 23.0 Å². The van der Waals surface area contributed by atoms with Gasteiger partial charge in [-0.05, 0) is 71.2 Å². The molecular weight excluding hydrogens is 685 g/mol. The van der Waals surface area contributed by atoms with Crippen LogP contribution in [0.2, 0.25) is 0 Å². The van der Waals surface area contributed by atoms with Crippen molar-refractivity contribution in [1.29, 1.82) is 5.26 Å². The van der Waals surface area contributed by atoms with Gasteiger partial charge in [-0.15, -0.1) is 0 Å². The topological polar surface area (TPSA) is 118 Å². The van der Waals surface area contributed by atoms with E-state index in [0.29, 0.717) is 11.0 Å². The Bertz CT molecular complexity index is 2380. The van der Waals surface area contributed by atoms with E-state index in [2.05, 4.69) is 68.2 Å². The van der Waals surface area contributed by atoms with Crippen molar-refractivity contribution >= 4 is 33.9 Å². The first kappa shape index (κ1) is 37.9. The number of carbonyl (C=O) groups is 2. The van der Waals surface area contributed by atoms with Gasteiger partial charge in [0.25, 0.3) is 0 Å². The maximum atomic E-state index is 15.8. The van der Waals surface area contributed by atoms with Crippen molar-refractivity contribution in [3.05, 3.63) is 131 Å². The number of para-hydroxylation sites is 1. The molecule has 278 valence electrons. The summed E-state index contributed by atoms with van der Waals surface area (Å²) in [5.74, 6) is -3.63. The lowest BCUT2D eigenvalue weighted by molar-refractivity contribution is -0.133. The lowest BCUT2D eigenvalue weighted by atomic mass is 9.86. The third-order valence-electron chi connectivity index (χ3n) is 10.0. The number of nitrogens with one attached hydrogen (secondary N) is 2. The fraction of sp³-hybridized carbons (Fsp3) is 0.326. The summed E-state index contributed by atoms with van der Waals surface area (Å²) in [6.45, 7) is 16.3. The van der Waals surface area contributed by atoms with E-state index in [4.69, 9.17) is 0 Å². The first-order valence-electron chi connectivity index (χ1n) is 18.0. The predicted octanol–water partition coefficient (Wildman–Crippen LogP) is 8.67. The molecule has 2 amide bonds. The summed E-state index contributed by atoms with van der Waals surface area (Å²) in [4.78, 5) is 38.6. The standard InChI is InChI=1S/C43H45F2N7O2/c1-25(27-12-16-30(17-13-27)42(3,4)5)49-40(53)38(51-23-47-33-11-9-10-29(22-46)36(33)51)39(52-24-48-34-21-20-32(44)35(45)37(34)52)41(54)50-26(2)28-14-18-31(19-15-28)43(6,7)8/h9-21,23-26,38-39H,1-8H3,(H,49,53)(H,50,54)/t25?,26-,38?,39?/m0/s1. The second-order valence-corrected chi connectivity index (χ2v) is 15.9. The van der Waals surface area contributed by atoms with Crippen LogP contribution in [-0.2, 0) is 20.4 Å². The molecule has 11 heteroatoms. The average Bonchev–Trinajstić information content (AvgIpc) is 3.76. The summed E-state index contributed by atoms with van der Waals surface area (Å²) in [5, 5.41) is 16.3. The number of halogens is 2. The molecule has 0 spiro atoms. The van der Waals surface area contributed by atoms with Gasteiger partial charge in [0.2, 0.25) is 11.8 Å². The number of carbonyl (C=O) groups excluding carboxylic acids is 2. The van der Waals surface area contributed by atoms with E-state index >= 15 is 4.39 Å². The first-order chi connectivity index (χ1) is 25.5. The zero-order chi connectivity index (χ0) is 39.1. The van der Waals surface area contributed by atoms with Crippen LogP contribution in [-0.4, -0.2) is 30.9 Å². The van der Waals surface area contributed by atoms with Gasteiger partial charge < -0.3 is 19.8 Å². The number of nitrogens with zero attached hydrogens (tertiary/aromatic N) is 5. The van der Waals surface area contributed by atoms with E-state index < -0.39 is 47.6 Å². The lowest BCUT2D eigenvalue weighted by Gasteiger charge is -2.31. The van der Waals surface area contributed by atoms with Gasteiger partial charge in [-0.3, -0.25) is 9.59 Å². The lowest BCUT2D eigenvalue weighted by Crippen LogP contribution is -2.45. The Hall–Kier alpha value is -5.89. The van der Waals surface area contributed by atoms with Crippen LogP contribution in [0.1, 0.15) is 107 Å². The van der Waals surface area contributed by atoms with E-state index in [9.17, 15) is 19.2 Å². The molecule has 9 nitrogen and oxygen atoms in total. The molecule has 4 atom stereocenters. The third-order valence-corrected chi connectivity index (χ3v) is 10.0. The zero-order valence-corrected chi connectivity index (χ0v) is 31.8. The van der Waals surface area contributed by atoms with Gasteiger partial charge >= 0.3 is 0 Å². The van der Waals surface area contributed by atoms with Crippen LogP contribution in [0.5, 0.6) is 0 Å². The van der Waals surface area contributed by atoms with Gasteiger partial charge in [0, 0.05) is 0 Å². The van der Waals surface area contributed by atoms with E-state index in [1.54, 1.807) is 18.2 Å². The number of amides is 2. The normalized spacial score (nSPS) is 14.3. The average molecular weight is 730 g/mol. The molecule has 0 aliphatic carbocycles. The maximum absolute atomic E-state index is 15.8. The highest BCUT2D eigenvalue weighted by molar-refractivity contribution is 5.94. The SMILES string of the molecule is CC(NC(=O)C(C(C(=O)N[C@@H](C)c1ccc(C(C)(C)C)cc1)n1cnc2ccc(F)c(F)c21)n1cnc2cccc(C#N)c21)c1ccc(C(C)(C)C)cc1. The van der Waals surface area contributed by atoms with Crippen molar-refractivity contribution in [1.82, 2.24) is 29.7 Å². The molecule has 0 aliphatic heterocycles. The van der Waals surface area contributed by atoms with Crippen molar-refractivity contribution < 1.29 is 18.4 Å². The Morgan fingerprint density at radius 2 is 1.11 bits per heavy atom. The van der Waals surface area contributed by atoms with Crippen LogP contribution in [0.15, 0.2) is 91.5 Å². The van der Waals surface area contributed by atoms with E-state index in [1.165, 1.54) is 27.9 Å². The predicted molar refractivity (Wildman–Crippen MR) is 206 cm³/mol. The minimum absolute atomic E-state index is 0.0777. The van der Waals surface area contributed by atoms with Gasteiger partial charge in [-0.2, -0.15) is 5.26 Å². The molecule has 0 bridgehead atoms. The molecule has 54 heavy (non-hydrogen) atoms. The number of benzene rings is 4. The quantitative estimate of drug-likeness (QED) is 0.155. The number of fused-ring (bicyclic) bond motifs is 2. The molecule has 0 saturated carbocycles. The van der Waals surface area contributed by atoms with E-state index in [0.717, 1.165) is 28.3 Å². The van der Waals surface area contributed by atoms with Crippen molar-refractivity contribution in [2.45, 2.75) is 90.4 Å². The van der Waals surface area contributed by atoms with Crippen LogP contribution in [0.3, 0.4) is 0 Å². The highest BCUT2D eigenvalue weighted by Crippen LogP contribution is 2.35. The number of hydrogen-bond acceptors (Lipinski definition) is 5. The molecule has 6 aromatic rings. The second kappa shape index (κ2) is 14.5. The molecule has 0 radical (unpaired) electrons. The molecule has 0 saturated heterocycles. The van der Waals surface area contributed by atoms with Crippen LogP contribution < -0.4 is 10.6 Å². The Kier molecular flexibility index (Phi) is 10.2. The number of rotatable bonds is 9. The largest absolute Gasteiger partial charge is 0.348 e. The number of hydrogen-bond donors (Lipinski definition) is 2. The smallest absolute Gasteiger partial charge is 0.246 e. The Morgan fingerprint density at radius 1 is 0.667 bits per heavy atom. The summed E-state index contributed by atoms with van der Waals surface area (Å²) in [6, 6.07) is 21.1. The van der Waals surface area contributed by atoms with Gasteiger partial charge in [0.1, 0.15) is 23.7 Å². The fourth-order valence-corrected chi connectivity index (χ4v) is 6.81. The minimum atomic E-state index is -1.54. The van der Waals surface area contributed by atoms with Crippen molar-refractivity contribution in [2.75, 3.05) is 0 Å². The molecule has 0 fully saturated rings. The zero-order valence-electron chi connectivity index (χ0n) is 31.8. The van der Waals surface area contributed by atoms with Crippen LogP contribution >= 0.6 is 0 Å². The van der Waals surface area contributed by atoms with Crippen molar-refractivity contribution in [2.24, 2.45) is 0 Å². The molecule has 2 heterocycles. The molecule has 2 N–H and O–H groups in total. The molecule has 3 unspecified atom stereocenters. The first-order valence-corrected chi connectivity index (χ1v) is 18.0. The Labute approximate surface area is 314 Å². The Balaban J connectivity index is 1.50. The third kappa shape index (κ3) is 7.33. The fourth-order valence-electron chi connectivity index (χ4n) is 6.81. The molecule has 6 rings (SSSR count). The minimum Gasteiger partial charge on any atom is -0.348 e. The monoisotopic (exact) mass is 729 g/mol. The summed E-state index contributed by atoms with van der Waals surface area (Å²) in [5.41, 5.74) is 4.44. The maximum Gasteiger partial charge on any atom is 0.246 e. The number of imidazole rings is 2.